The number of aromatic amines is 1. The van der Waals surface area contributed by atoms with Crippen molar-refractivity contribution in [2.45, 2.75) is 0 Å². The number of aromatic nitrogens is 4. The largest absolute Gasteiger partial charge is 0.454 e. The molecule has 110 valence electrons. The minimum atomic E-state index is 0.226. The van der Waals surface area contributed by atoms with Crippen molar-refractivity contribution in [3.8, 4) is 28.6 Å². The molecule has 1 N–H and O–H groups in total. The van der Waals surface area contributed by atoms with Crippen molar-refractivity contribution >= 4 is 23.8 Å². The van der Waals surface area contributed by atoms with Gasteiger partial charge in [0.2, 0.25) is 6.79 Å². The first-order valence-electron chi connectivity index (χ1n) is 6.42. The van der Waals surface area contributed by atoms with E-state index in [9.17, 15) is 0 Å². The Labute approximate surface area is 135 Å². The zero-order valence-electron chi connectivity index (χ0n) is 11.1. The van der Waals surface area contributed by atoms with E-state index in [0.717, 1.165) is 11.3 Å². The van der Waals surface area contributed by atoms with E-state index < -0.39 is 0 Å². The fraction of sp³-hybridized carbons (Fsp3) is 0.0714. The lowest BCUT2D eigenvalue weighted by Gasteiger charge is -2.07. The maximum Gasteiger partial charge on any atom is 0.231 e. The highest BCUT2D eigenvalue weighted by atomic mass is 35.5. The van der Waals surface area contributed by atoms with Gasteiger partial charge in [-0.1, -0.05) is 11.6 Å². The van der Waals surface area contributed by atoms with E-state index in [-0.39, 0.29) is 6.79 Å². The van der Waals surface area contributed by atoms with Crippen molar-refractivity contribution in [2.75, 3.05) is 6.79 Å². The second kappa shape index (κ2) is 5.11. The molecule has 0 fully saturated rings. The van der Waals surface area contributed by atoms with Gasteiger partial charge in [-0.3, -0.25) is 9.67 Å². The quantitative estimate of drug-likeness (QED) is 0.575. The predicted molar refractivity (Wildman–Crippen MR) is 83.1 cm³/mol. The van der Waals surface area contributed by atoms with Crippen LogP contribution in [0.4, 0.5) is 0 Å². The van der Waals surface area contributed by atoms with Gasteiger partial charge < -0.3 is 9.47 Å². The molecule has 0 radical (unpaired) electrons. The number of ether oxygens (including phenoxy) is 2. The van der Waals surface area contributed by atoms with Crippen LogP contribution in [-0.2, 0) is 0 Å². The van der Waals surface area contributed by atoms with E-state index in [4.69, 9.17) is 33.3 Å². The predicted octanol–water partition coefficient (Wildman–Crippen LogP) is 3.37. The molecular formula is C14H9ClN4O2S. The van der Waals surface area contributed by atoms with Crippen molar-refractivity contribution in [3.05, 3.63) is 46.5 Å². The Hall–Kier alpha value is -2.38. The summed E-state index contributed by atoms with van der Waals surface area (Å²) < 4.78 is 13.0. The van der Waals surface area contributed by atoms with Crippen molar-refractivity contribution in [1.82, 2.24) is 19.7 Å². The van der Waals surface area contributed by atoms with Gasteiger partial charge in [-0.25, -0.2) is 4.98 Å². The van der Waals surface area contributed by atoms with Gasteiger partial charge in [-0.05, 0) is 36.5 Å². The second-order valence-corrected chi connectivity index (χ2v) is 5.37. The van der Waals surface area contributed by atoms with Gasteiger partial charge in [-0.2, -0.15) is 5.10 Å². The van der Waals surface area contributed by atoms with Crippen molar-refractivity contribution in [3.63, 3.8) is 0 Å². The number of hydrogen-bond donors (Lipinski definition) is 1. The summed E-state index contributed by atoms with van der Waals surface area (Å²) in [6.45, 7) is 0.226. The lowest BCUT2D eigenvalue weighted by Crippen LogP contribution is -1.98. The molecule has 0 saturated heterocycles. The molecule has 1 aromatic carbocycles. The third-order valence-corrected chi connectivity index (χ3v) is 3.77. The highest BCUT2D eigenvalue weighted by Gasteiger charge is 2.17. The van der Waals surface area contributed by atoms with Crippen LogP contribution in [0.5, 0.6) is 11.5 Å². The van der Waals surface area contributed by atoms with Gasteiger partial charge in [0.05, 0.1) is 5.69 Å². The summed E-state index contributed by atoms with van der Waals surface area (Å²) in [5.74, 6) is 2.04. The summed E-state index contributed by atoms with van der Waals surface area (Å²) in [5.41, 5.74) is 1.63. The number of nitrogens with zero attached hydrogens (tertiary/aromatic N) is 3. The van der Waals surface area contributed by atoms with Gasteiger partial charge in [0.15, 0.2) is 22.1 Å². The number of halogens is 1. The number of benzene rings is 1. The normalized spacial score (nSPS) is 12.6. The second-order valence-electron chi connectivity index (χ2n) is 4.59. The molecule has 4 rings (SSSR count). The number of rotatable bonds is 2. The van der Waals surface area contributed by atoms with Gasteiger partial charge in [-0.15, -0.1) is 0 Å². The Balaban J connectivity index is 1.87. The Morgan fingerprint density at radius 2 is 2.05 bits per heavy atom. The van der Waals surface area contributed by atoms with Crippen molar-refractivity contribution in [2.24, 2.45) is 0 Å². The molecule has 22 heavy (non-hydrogen) atoms. The van der Waals surface area contributed by atoms with Crippen LogP contribution in [0.2, 0.25) is 5.15 Å². The van der Waals surface area contributed by atoms with Crippen LogP contribution in [0.1, 0.15) is 0 Å². The van der Waals surface area contributed by atoms with Gasteiger partial charge in [0.25, 0.3) is 0 Å². The average molecular weight is 333 g/mol. The van der Waals surface area contributed by atoms with Crippen LogP contribution in [0.15, 0.2) is 36.5 Å². The summed E-state index contributed by atoms with van der Waals surface area (Å²) in [7, 11) is 0. The van der Waals surface area contributed by atoms with E-state index in [0.29, 0.717) is 27.2 Å². The lowest BCUT2D eigenvalue weighted by molar-refractivity contribution is 0.174. The molecule has 0 spiro atoms. The minimum Gasteiger partial charge on any atom is -0.454 e. The van der Waals surface area contributed by atoms with Crippen LogP contribution in [-0.4, -0.2) is 26.5 Å². The summed E-state index contributed by atoms with van der Waals surface area (Å²) >= 11 is 11.2. The molecule has 0 bridgehead atoms. The number of H-pyrrole nitrogens is 1. The number of fused-ring (bicyclic) bond motifs is 1. The summed E-state index contributed by atoms with van der Waals surface area (Å²) in [6, 6.07) is 9.14. The first kappa shape index (κ1) is 13.3. The molecule has 1 aliphatic rings. The van der Waals surface area contributed by atoms with Gasteiger partial charge >= 0.3 is 0 Å². The summed E-state index contributed by atoms with van der Waals surface area (Å²) in [5, 5.41) is 7.50. The Morgan fingerprint density at radius 1 is 1.18 bits per heavy atom. The standard InChI is InChI=1S/C14H9ClN4O2S/c15-12-4-1-8(6-16-12)13-17-18-14(22)19(13)9-2-3-10-11(5-9)21-7-20-10/h1-6H,7H2,(H,18,22). The van der Waals surface area contributed by atoms with Crippen LogP contribution < -0.4 is 9.47 Å². The van der Waals surface area contributed by atoms with Crippen molar-refractivity contribution in [1.29, 1.82) is 0 Å². The van der Waals surface area contributed by atoms with E-state index in [1.807, 2.05) is 28.8 Å². The van der Waals surface area contributed by atoms with Crippen LogP contribution >= 0.6 is 23.8 Å². The van der Waals surface area contributed by atoms with E-state index in [1.54, 1.807) is 12.3 Å². The third kappa shape index (κ3) is 2.15. The highest BCUT2D eigenvalue weighted by Crippen LogP contribution is 2.34. The van der Waals surface area contributed by atoms with Crippen LogP contribution in [0, 0.1) is 4.77 Å². The van der Waals surface area contributed by atoms with Crippen molar-refractivity contribution < 1.29 is 9.47 Å². The first-order valence-corrected chi connectivity index (χ1v) is 7.20. The van der Waals surface area contributed by atoms with Crippen LogP contribution in [0.25, 0.3) is 17.1 Å². The van der Waals surface area contributed by atoms with E-state index >= 15 is 0 Å². The molecule has 6 nitrogen and oxygen atoms in total. The highest BCUT2D eigenvalue weighted by molar-refractivity contribution is 7.71. The smallest absolute Gasteiger partial charge is 0.231 e. The molecule has 3 aromatic rings. The average Bonchev–Trinajstić information content (AvgIpc) is 3.13. The van der Waals surface area contributed by atoms with E-state index in [2.05, 4.69) is 15.2 Å². The molecular weight excluding hydrogens is 324 g/mol. The number of pyridine rings is 1. The SMILES string of the molecule is S=c1[nH]nc(-c2ccc(Cl)nc2)n1-c1ccc2c(c1)OCO2. The van der Waals surface area contributed by atoms with Crippen LogP contribution in [0.3, 0.4) is 0 Å². The Bertz CT molecular complexity index is 904. The third-order valence-electron chi connectivity index (χ3n) is 3.27. The molecule has 0 saturated carbocycles. The first-order chi connectivity index (χ1) is 10.7. The monoisotopic (exact) mass is 332 g/mol. The fourth-order valence-electron chi connectivity index (χ4n) is 2.26. The molecule has 8 heteroatoms. The molecule has 0 atom stereocenters. The Kier molecular flexibility index (Phi) is 3.09. The molecule has 0 aliphatic carbocycles. The maximum absolute atomic E-state index is 5.83. The Morgan fingerprint density at radius 3 is 2.86 bits per heavy atom. The fourth-order valence-corrected chi connectivity index (χ4v) is 2.61. The molecule has 3 heterocycles. The summed E-state index contributed by atoms with van der Waals surface area (Å²) in [4.78, 5) is 4.08. The lowest BCUT2D eigenvalue weighted by atomic mass is 10.2. The zero-order valence-corrected chi connectivity index (χ0v) is 12.7. The molecule has 2 aromatic heterocycles. The summed E-state index contributed by atoms with van der Waals surface area (Å²) in [6.07, 6.45) is 1.65. The molecule has 1 aliphatic heterocycles. The number of hydrogen-bond acceptors (Lipinski definition) is 5. The maximum atomic E-state index is 5.83. The minimum absolute atomic E-state index is 0.226. The van der Waals surface area contributed by atoms with Gasteiger partial charge in [0.1, 0.15) is 5.15 Å². The molecule has 0 amide bonds. The number of nitrogens with one attached hydrogen (secondary N) is 1. The topological polar surface area (TPSA) is 65.0 Å². The van der Waals surface area contributed by atoms with E-state index in [1.165, 1.54) is 0 Å². The zero-order chi connectivity index (χ0) is 15.1. The van der Waals surface area contributed by atoms with Gasteiger partial charge in [0, 0.05) is 17.8 Å². The molecule has 0 unspecified atom stereocenters.